The molecule has 0 aliphatic rings. The van der Waals surface area contributed by atoms with E-state index in [-0.39, 0.29) is 134 Å². The van der Waals surface area contributed by atoms with E-state index in [1.807, 2.05) is 0 Å². The highest BCUT2D eigenvalue weighted by atomic mass is 16.5. The number of hydrogen-bond donors (Lipinski definition) is 10. The van der Waals surface area contributed by atoms with Gasteiger partial charge in [-0.2, -0.15) is 0 Å². The van der Waals surface area contributed by atoms with Gasteiger partial charge < -0.3 is 69.9 Å². The fourth-order valence-electron chi connectivity index (χ4n) is 3.31. The Morgan fingerprint density at radius 2 is 0.864 bits per heavy atom. The molecule has 0 aromatic carbocycles. The van der Waals surface area contributed by atoms with Gasteiger partial charge in [-0.15, -0.1) is 0 Å². The Morgan fingerprint density at radius 1 is 0.568 bits per heavy atom. The fourth-order valence-corrected chi connectivity index (χ4v) is 3.31. The number of guanidine groups is 3. The summed E-state index contributed by atoms with van der Waals surface area (Å²) in [5, 5.41) is 10.7. The SMILES string of the molecule is CC(=O)NC(COCCC(=O)NCCN=C(N)N)(COCCC(=O)NCCN=C(N)N)COCCC(=O)NCCN=C(N)N. The molecule has 20 heteroatoms. The van der Waals surface area contributed by atoms with Crippen molar-refractivity contribution < 1.29 is 33.4 Å². The zero-order valence-corrected chi connectivity index (χ0v) is 25.3. The number of rotatable bonds is 25. The molecule has 0 aromatic heterocycles. The summed E-state index contributed by atoms with van der Waals surface area (Å²) in [5.41, 5.74) is 30.3. The highest BCUT2D eigenvalue weighted by Crippen LogP contribution is 2.10. The summed E-state index contributed by atoms with van der Waals surface area (Å²) in [6, 6.07) is 0. The number of aliphatic imine (C=N–C) groups is 3. The van der Waals surface area contributed by atoms with Gasteiger partial charge in [-0.05, 0) is 0 Å². The monoisotopic (exact) mass is 631 g/mol. The molecular weight excluding hydrogens is 582 g/mol. The maximum absolute atomic E-state index is 12.1. The van der Waals surface area contributed by atoms with E-state index in [0.717, 1.165) is 0 Å². The lowest BCUT2D eigenvalue weighted by Gasteiger charge is -2.34. The normalized spacial score (nSPS) is 10.7. The molecular formula is C24H49N13O7. The molecule has 0 bridgehead atoms. The third-order valence-corrected chi connectivity index (χ3v) is 5.18. The molecule has 0 saturated heterocycles. The van der Waals surface area contributed by atoms with Crippen molar-refractivity contribution >= 4 is 41.5 Å². The summed E-state index contributed by atoms with van der Waals surface area (Å²) in [5.74, 6) is -1.48. The van der Waals surface area contributed by atoms with Crippen LogP contribution in [0, 0.1) is 0 Å². The minimum atomic E-state index is -1.19. The Bertz CT molecular complexity index is 857. The first-order chi connectivity index (χ1) is 20.8. The first kappa shape index (κ1) is 39.6. The summed E-state index contributed by atoms with van der Waals surface area (Å²) in [6.45, 7) is 2.54. The summed E-state index contributed by atoms with van der Waals surface area (Å²) < 4.78 is 17.1. The molecule has 252 valence electrons. The number of nitrogens with zero attached hydrogens (tertiary/aromatic N) is 3. The molecule has 0 aliphatic heterocycles. The summed E-state index contributed by atoms with van der Waals surface area (Å²) >= 11 is 0. The Hall–Kier alpha value is -4.43. The van der Waals surface area contributed by atoms with Gasteiger partial charge in [-0.3, -0.25) is 34.2 Å². The molecule has 0 spiro atoms. The van der Waals surface area contributed by atoms with Crippen molar-refractivity contribution in [3.05, 3.63) is 0 Å². The van der Waals surface area contributed by atoms with Gasteiger partial charge in [0.25, 0.3) is 0 Å². The Labute approximate surface area is 256 Å². The molecule has 0 rings (SSSR count). The van der Waals surface area contributed by atoms with Gasteiger partial charge >= 0.3 is 0 Å². The quantitative estimate of drug-likeness (QED) is 0.0255. The van der Waals surface area contributed by atoms with E-state index in [0.29, 0.717) is 0 Å². The predicted octanol–water partition coefficient (Wildman–Crippen LogP) is -5.75. The van der Waals surface area contributed by atoms with Crippen LogP contribution in [0.1, 0.15) is 26.2 Å². The Kier molecular flexibility index (Phi) is 21.6. The van der Waals surface area contributed by atoms with Crippen LogP contribution in [-0.2, 0) is 33.4 Å². The second-order valence-electron chi connectivity index (χ2n) is 9.34. The second-order valence-corrected chi connectivity index (χ2v) is 9.34. The largest absolute Gasteiger partial charge is 0.378 e. The maximum Gasteiger partial charge on any atom is 0.222 e. The van der Waals surface area contributed by atoms with E-state index >= 15 is 0 Å². The first-order valence-electron chi connectivity index (χ1n) is 13.8. The number of nitrogens with one attached hydrogen (secondary N) is 4. The first-order valence-corrected chi connectivity index (χ1v) is 13.8. The van der Waals surface area contributed by atoms with Gasteiger partial charge in [0.1, 0.15) is 5.54 Å². The molecule has 0 saturated carbocycles. The lowest BCUT2D eigenvalue weighted by molar-refractivity contribution is -0.129. The van der Waals surface area contributed by atoms with Crippen LogP contribution in [0.25, 0.3) is 0 Å². The van der Waals surface area contributed by atoms with Gasteiger partial charge in [-0.25, -0.2) is 0 Å². The third-order valence-electron chi connectivity index (χ3n) is 5.18. The number of hydrogen-bond acceptors (Lipinski definition) is 10. The van der Waals surface area contributed by atoms with Crippen molar-refractivity contribution in [2.45, 2.75) is 31.7 Å². The average Bonchev–Trinajstić information content (AvgIpc) is 2.93. The summed E-state index contributed by atoms with van der Waals surface area (Å²) in [6.07, 6.45) is 0.0825. The number of nitrogens with two attached hydrogens (primary N) is 6. The van der Waals surface area contributed by atoms with Crippen LogP contribution in [0.3, 0.4) is 0 Å². The highest BCUT2D eigenvalue weighted by molar-refractivity contribution is 5.78. The van der Waals surface area contributed by atoms with E-state index < -0.39 is 11.4 Å². The Balaban J connectivity index is 5.02. The molecule has 0 unspecified atom stereocenters. The van der Waals surface area contributed by atoms with Crippen molar-refractivity contribution in [1.82, 2.24) is 21.3 Å². The van der Waals surface area contributed by atoms with Crippen molar-refractivity contribution in [2.24, 2.45) is 49.4 Å². The van der Waals surface area contributed by atoms with Crippen LogP contribution in [-0.4, -0.2) is 126 Å². The molecule has 0 heterocycles. The standard InChI is InChI=1S/C24H49N13O7/c1-17(38)37-24(14-42-11-2-18(39)31-5-8-34-21(25)26,15-43-12-3-19(40)32-6-9-35-22(27)28)16-44-13-4-20(41)33-7-10-36-23(29)30/h2-16H2,1H3,(H,31,39)(H,32,40)(H,33,41)(H,37,38)(H4,25,26,34)(H4,27,28,35)(H4,29,30,36). The molecule has 0 radical (unpaired) electrons. The topological polar surface area (TPSA) is 337 Å². The number of carbonyl (C=O) groups excluding carboxylic acids is 4. The fraction of sp³-hybridized carbons (Fsp3) is 0.708. The van der Waals surface area contributed by atoms with Gasteiger partial charge in [0.05, 0.1) is 59.3 Å². The Morgan fingerprint density at radius 3 is 1.11 bits per heavy atom. The smallest absolute Gasteiger partial charge is 0.222 e. The predicted molar refractivity (Wildman–Crippen MR) is 164 cm³/mol. The lowest BCUT2D eigenvalue weighted by atomic mass is 10.0. The zero-order chi connectivity index (χ0) is 33.2. The molecule has 44 heavy (non-hydrogen) atoms. The minimum Gasteiger partial charge on any atom is -0.378 e. The molecule has 0 aliphatic carbocycles. The van der Waals surface area contributed by atoms with Crippen molar-refractivity contribution in [1.29, 1.82) is 0 Å². The van der Waals surface area contributed by atoms with Crippen LogP contribution in [0.4, 0.5) is 0 Å². The van der Waals surface area contributed by atoms with Crippen molar-refractivity contribution in [3.63, 3.8) is 0 Å². The zero-order valence-electron chi connectivity index (χ0n) is 25.3. The molecule has 20 nitrogen and oxygen atoms in total. The molecule has 0 fully saturated rings. The number of ether oxygens (including phenoxy) is 3. The van der Waals surface area contributed by atoms with Gasteiger partial charge in [0.2, 0.25) is 23.6 Å². The molecule has 0 aromatic rings. The highest BCUT2D eigenvalue weighted by Gasteiger charge is 2.33. The van der Waals surface area contributed by atoms with Gasteiger partial charge in [0.15, 0.2) is 17.9 Å². The van der Waals surface area contributed by atoms with Crippen LogP contribution >= 0.6 is 0 Å². The third kappa shape index (κ3) is 24.2. The van der Waals surface area contributed by atoms with Crippen molar-refractivity contribution in [3.8, 4) is 0 Å². The lowest BCUT2D eigenvalue weighted by Crippen LogP contribution is -2.58. The number of carbonyl (C=O) groups is 4. The average molecular weight is 632 g/mol. The summed E-state index contributed by atoms with van der Waals surface area (Å²) in [4.78, 5) is 59.6. The second kappa shape index (κ2) is 24.1. The van der Waals surface area contributed by atoms with E-state index in [9.17, 15) is 19.2 Å². The van der Waals surface area contributed by atoms with E-state index in [2.05, 4.69) is 36.2 Å². The molecule has 4 amide bonds. The van der Waals surface area contributed by atoms with Crippen LogP contribution in [0.2, 0.25) is 0 Å². The van der Waals surface area contributed by atoms with Crippen LogP contribution in [0.5, 0.6) is 0 Å². The molecule has 0 atom stereocenters. The van der Waals surface area contributed by atoms with Crippen LogP contribution in [0.15, 0.2) is 15.0 Å². The van der Waals surface area contributed by atoms with Gasteiger partial charge in [0, 0.05) is 45.8 Å². The van der Waals surface area contributed by atoms with E-state index in [1.165, 1.54) is 6.92 Å². The maximum atomic E-state index is 12.1. The minimum absolute atomic E-state index is 0.0197. The molecule has 16 N–H and O–H groups in total. The van der Waals surface area contributed by atoms with Crippen molar-refractivity contribution in [2.75, 3.05) is 78.9 Å². The summed E-state index contributed by atoms with van der Waals surface area (Å²) in [7, 11) is 0. The van der Waals surface area contributed by atoms with E-state index in [1.54, 1.807) is 0 Å². The van der Waals surface area contributed by atoms with Gasteiger partial charge in [-0.1, -0.05) is 0 Å². The van der Waals surface area contributed by atoms with E-state index in [4.69, 9.17) is 48.6 Å². The van der Waals surface area contributed by atoms with Crippen LogP contribution < -0.4 is 55.7 Å². The number of amides is 4.